The normalized spacial score (nSPS) is 13.5. The molecule has 1 rings (SSSR count). The molecule has 13 nitrogen and oxygen atoms in total. The first-order valence-electron chi connectivity index (χ1n) is 7.16. The number of nitro benzene ring substituents is 3. The number of halogens is 1. The highest BCUT2D eigenvalue weighted by Gasteiger charge is 2.43. The quantitative estimate of drug-likeness (QED) is 0.254. The van der Waals surface area contributed by atoms with Gasteiger partial charge in [0.1, 0.15) is 13.0 Å². The molecular weight excluding hydrogens is 436 g/mol. The summed E-state index contributed by atoms with van der Waals surface area (Å²) in [5.41, 5.74) is -2.91. The first-order chi connectivity index (χ1) is 12.1. The van der Waals surface area contributed by atoms with E-state index in [0.29, 0.717) is 12.1 Å². The van der Waals surface area contributed by atoms with Gasteiger partial charge in [-0.15, -0.1) is 0 Å². The van der Waals surface area contributed by atoms with Crippen molar-refractivity contribution in [1.29, 1.82) is 0 Å². The topological polar surface area (TPSA) is 176 Å². The van der Waals surface area contributed by atoms with E-state index in [-0.39, 0.29) is 11.0 Å². The number of nitrogens with zero attached hydrogens (tertiary/aromatic N) is 4. The molecule has 0 spiro atoms. The number of rotatable bonds is 9. The summed E-state index contributed by atoms with van der Waals surface area (Å²) in [5.74, 6) is -2.20. The third-order valence-corrected chi connectivity index (χ3v) is 3.74. The van der Waals surface area contributed by atoms with E-state index in [1.165, 1.54) is 0 Å². The third kappa shape index (κ3) is 6.10. The number of aliphatic carboxylic acids is 1. The Morgan fingerprint density at radius 2 is 1.56 bits per heavy atom. The molecule has 1 unspecified atom stereocenters. The van der Waals surface area contributed by atoms with Crippen molar-refractivity contribution in [3.8, 4) is 5.75 Å². The molecular formula is C13H16BrN4O9+. The zero-order valence-electron chi connectivity index (χ0n) is 14.4. The molecule has 0 saturated heterocycles. The molecule has 0 aliphatic heterocycles. The fourth-order valence-electron chi connectivity index (χ4n) is 2.31. The number of hydrogen-bond acceptors (Lipinski definition) is 8. The smallest absolute Gasteiger partial charge is 0.325 e. The molecule has 0 aromatic heterocycles. The summed E-state index contributed by atoms with van der Waals surface area (Å²) in [4.78, 5) is 41.6. The van der Waals surface area contributed by atoms with Gasteiger partial charge >= 0.3 is 17.3 Å². The Morgan fingerprint density at radius 3 is 1.85 bits per heavy atom. The Bertz CT molecular complexity index is 772. The van der Waals surface area contributed by atoms with Crippen LogP contribution in [0.15, 0.2) is 12.1 Å². The monoisotopic (exact) mass is 451 g/mol. The predicted octanol–water partition coefficient (Wildman–Crippen LogP) is 2.06. The standard InChI is InChI=1S/C13H15BrN4O9/c1-18(2,3)7-13(14,6-11(19)20)27-12-9(16(23)24)4-8(15(21)22)5-10(12)17(25)26/h4-5H,6-7H2,1-3H3/p+1. The largest absolute Gasteiger partial charge is 0.481 e. The van der Waals surface area contributed by atoms with Crippen LogP contribution in [0.3, 0.4) is 0 Å². The zero-order chi connectivity index (χ0) is 21.2. The SMILES string of the molecule is C[N+](C)(C)CC(Br)(CC(=O)O)Oc1c([N+](=O)[O-])cc([N+](=O)[O-])cc1[N+](=O)[O-]. The summed E-state index contributed by atoms with van der Waals surface area (Å²) in [6.07, 6.45) is -0.687. The molecule has 0 bridgehead atoms. The molecule has 0 fully saturated rings. The van der Waals surface area contributed by atoms with Crippen LogP contribution in [0.4, 0.5) is 17.1 Å². The van der Waals surface area contributed by atoms with E-state index in [4.69, 9.17) is 9.84 Å². The second-order valence-electron chi connectivity index (χ2n) is 6.59. The Kier molecular flexibility index (Phi) is 6.40. The number of hydrogen-bond donors (Lipinski definition) is 1. The maximum atomic E-state index is 11.3. The lowest BCUT2D eigenvalue weighted by molar-refractivity contribution is -0.874. The molecule has 0 aliphatic rings. The molecule has 1 atom stereocenters. The minimum absolute atomic E-state index is 0.0510. The third-order valence-electron chi connectivity index (χ3n) is 3.05. The predicted molar refractivity (Wildman–Crippen MR) is 93.8 cm³/mol. The summed E-state index contributed by atoms with van der Waals surface area (Å²) in [5, 5.41) is 42.7. The summed E-state index contributed by atoms with van der Waals surface area (Å²) in [6, 6.07) is 1.03. The number of ether oxygens (including phenoxy) is 1. The van der Waals surface area contributed by atoms with Crippen LogP contribution in [0.2, 0.25) is 0 Å². The Morgan fingerprint density at radius 1 is 1.11 bits per heavy atom. The highest BCUT2D eigenvalue weighted by Crippen LogP contribution is 2.44. The number of carboxylic acids is 1. The van der Waals surface area contributed by atoms with Crippen molar-refractivity contribution in [3.63, 3.8) is 0 Å². The van der Waals surface area contributed by atoms with E-state index in [1.54, 1.807) is 21.1 Å². The van der Waals surface area contributed by atoms with E-state index in [9.17, 15) is 35.1 Å². The molecule has 1 aromatic carbocycles. The Hall–Kier alpha value is -2.87. The van der Waals surface area contributed by atoms with E-state index in [2.05, 4.69) is 15.9 Å². The minimum atomic E-state index is -1.75. The van der Waals surface area contributed by atoms with Gasteiger partial charge < -0.3 is 14.3 Å². The lowest BCUT2D eigenvalue weighted by atomic mass is 10.2. The van der Waals surface area contributed by atoms with Gasteiger partial charge in [-0.05, 0) is 15.9 Å². The van der Waals surface area contributed by atoms with Crippen molar-refractivity contribution in [2.24, 2.45) is 0 Å². The fourth-order valence-corrected chi connectivity index (χ4v) is 3.46. The number of non-ortho nitro benzene ring substituents is 1. The maximum absolute atomic E-state index is 11.3. The number of alkyl halides is 1. The summed E-state index contributed by atoms with van der Waals surface area (Å²) >= 11 is 3.07. The van der Waals surface area contributed by atoms with Gasteiger partial charge in [-0.1, -0.05) is 0 Å². The fraction of sp³-hybridized carbons (Fsp3) is 0.462. The van der Waals surface area contributed by atoms with E-state index in [0.717, 1.165) is 0 Å². The minimum Gasteiger partial charge on any atom is -0.481 e. The van der Waals surface area contributed by atoms with Crippen LogP contribution < -0.4 is 4.74 Å². The van der Waals surface area contributed by atoms with Gasteiger partial charge in [-0.3, -0.25) is 35.1 Å². The summed E-state index contributed by atoms with van der Waals surface area (Å²) in [6.45, 7) is -0.0510. The van der Waals surface area contributed by atoms with Crippen molar-refractivity contribution in [2.75, 3.05) is 27.7 Å². The van der Waals surface area contributed by atoms with Crippen molar-refractivity contribution < 1.29 is 33.9 Å². The molecule has 0 aliphatic carbocycles. The van der Waals surface area contributed by atoms with Gasteiger partial charge in [0, 0.05) is 0 Å². The molecule has 0 amide bonds. The van der Waals surface area contributed by atoms with Crippen LogP contribution in [0.25, 0.3) is 0 Å². The van der Waals surface area contributed by atoms with Crippen LogP contribution in [-0.4, -0.2) is 62.5 Å². The molecule has 0 heterocycles. The van der Waals surface area contributed by atoms with E-state index >= 15 is 0 Å². The average Bonchev–Trinajstić information content (AvgIpc) is 2.42. The van der Waals surface area contributed by atoms with Crippen molar-refractivity contribution in [2.45, 2.75) is 10.9 Å². The summed E-state index contributed by atoms with van der Waals surface area (Å²) in [7, 11) is 5.04. The summed E-state index contributed by atoms with van der Waals surface area (Å²) < 4.78 is 3.82. The highest BCUT2D eigenvalue weighted by molar-refractivity contribution is 9.10. The van der Waals surface area contributed by atoms with E-state index in [1.807, 2.05) is 0 Å². The Balaban J connectivity index is 3.65. The highest BCUT2D eigenvalue weighted by atomic mass is 79.9. The van der Waals surface area contributed by atoms with E-state index < -0.39 is 54.5 Å². The molecule has 0 saturated carbocycles. The number of carbonyl (C=O) groups is 1. The number of nitro groups is 3. The van der Waals surface area contributed by atoms with Crippen LogP contribution in [0, 0.1) is 30.3 Å². The lowest BCUT2D eigenvalue weighted by Gasteiger charge is -2.34. The van der Waals surface area contributed by atoms with Crippen LogP contribution in [-0.2, 0) is 4.79 Å². The van der Waals surface area contributed by atoms with Gasteiger partial charge in [-0.2, -0.15) is 0 Å². The maximum Gasteiger partial charge on any atom is 0.325 e. The number of quaternary nitrogens is 1. The number of benzene rings is 1. The first kappa shape index (κ1) is 22.2. The Labute approximate surface area is 160 Å². The van der Waals surface area contributed by atoms with Gasteiger partial charge in [0.05, 0.1) is 48.0 Å². The van der Waals surface area contributed by atoms with Gasteiger partial charge in [-0.25, -0.2) is 0 Å². The molecule has 14 heteroatoms. The molecule has 148 valence electrons. The lowest BCUT2D eigenvalue weighted by Crippen LogP contribution is -2.50. The van der Waals surface area contributed by atoms with Gasteiger partial charge in [0.15, 0.2) is 0 Å². The van der Waals surface area contributed by atoms with Crippen LogP contribution >= 0.6 is 15.9 Å². The zero-order valence-corrected chi connectivity index (χ0v) is 16.0. The number of carboxylic acid groups (broad SMARTS) is 1. The van der Waals surface area contributed by atoms with Gasteiger partial charge in [0.25, 0.3) is 11.4 Å². The van der Waals surface area contributed by atoms with Crippen molar-refractivity contribution >= 4 is 39.0 Å². The average molecular weight is 452 g/mol. The molecule has 1 N–H and O–H groups in total. The van der Waals surface area contributed by atoms with Crippen molar-refractivity contribution in [1.82, 2.24) is 0 Å². The van der Waals surface area contributed by atoms with Crippen LogP contribution in [0.5, 0.6) is 5.75 Å². The van der Waals surface area contributed by atoms with Gasteiger partial charge in [0.2, 0.25) is 4.51 Å². The van der Waals surface area contributed by atoms with Crippen LogP contribution in [0.1, 0.15) is 6.42 Å². The molecule has 1 aromatic rings. The second kappa shape index (κ2) is 7.79. The molecule has 0 radical (unpaired) electrons. The first-order valence-corrected chi connectivity index (χ1v) is 7.96. The molecule has 27 heavy (non-hydrogen) atoms. The second-order valence-corrected chi connectivity index (χ2v) is 8.03. The van der Waals surface area contributed by atoms with Crippen molar-refractivity contribution in [3.05, 3.63) is 42.5 Å². The number of likely N-dealkylation sites (N-methyl/N-ethyl adjacent to an activating group) is 1.